The van der Waals surface area contributed by atoms with Crippen molar-refractivity contribution in [2.24, 2.45) is 0 Å². The minimum absolute atomic E-state index is 0.0424. The Hall–Kier alpha value is -3.20. The molecule has 1 aromatic heterocycles. The predicted octanol–water partition coefficient (Wildman–Crippen LogP) is 1.30. The van der Waals surface area contributed by atoms with Crippen molar-refractivity contribution in [3.8, 4) is 5.75 Å². The van der Waals surface area contributed by atoms with Crippen LogP contribution in [0.1, 0.15) is 12.6 Å². The minimum atomic E-state index is -0.521. The van der Waals surface area contributed by atoms with Crippen LogP contribution in [0.4, 0.5) is 10.1 Å². The van der Waals surface area contributed by atoms with Crippen molar-refractivity contribution in [2.45, 2.75) is 20.0 Å². The normalized spacial score (nSPS) is 14.4. The van der Waals surface area contributed by atoms with E-state index in [1.165, 1.54) is 31.5 Å². The zero-order valence-electron chi connectivity index (χ0n) is 17.1. The first-order chi connectivity index (χ1) is 14.4. The summed E-state index contributed by atoms with van der Waals surface area (Å²) in [4.78, 5) is 40.2. The predicted molar refractivity (Wildman–Crippen MR) is 110 cm³/mol. The van der Waals surface area contributed by atoms with Gasteiger partial charge in [-0.3, -0.25) is 19.3 Å². The van der Waals surface area contributed by atoms with Crippen molar-refractivity contribution in [2.75, 3.05) is 38.6 Å². The third kappa shape index (κ3) is 5.24. The standard InChI is InChI=1S/C21H25FN4O4/c1-15(27)25-9-7-24(8-10-25)12-16-11-19(28)20(30-2)13-26(16)14-21(29)23-18-6-4-3-5-17(18)22/h3-6,11,13H,7-10,12,14H2,1-2H3,(H,23,29). The summed E-state index contributed by atoms with van der Waals surface area (Å²) < 4.78 is 20.6. The molecule has 3 rings (SSSR count). The summed E-state index contributed by atoms with van der Waals surface area (Å²) in [6.07, 6.45) is 1.49. The van der Waals surface area contributed by atoms with Gasteiger partial charge in [-0.2, -0.15) is 0 Å². The summed E-state index contributed by atoms with van der Waals surface area (Å²) >= 11 is 0. The first-order valence-corrected chi connectivity index (χ1v) is 9.67. The van der Waals surface area contributed by atoms with Gasteiger partial charge in [0.15, 0.2) is 5.75 Å². The number of aromatic nitrogens is 1. The van der Waals surface area contributed by atoms with Crippen LogP contribution in [-0.2, 0) is 22.7 Å². The number of nitrogens with one attached hydrogen (secondary N) is 1. The summed E-state index contributed by atoms with van der Waals surface area (Å²) in [6.45, 7) is 4.45. The molecule has 1 saturated heterocycles. The van der Waals surface area contributed by atoms with Crippen molar-refractivity contribution in [3.05, 3.63) is 58.3 Å². The molecule has 0 spiro atoms. The summed E-state index contributed by atoms with van der Waals surface area (Å²) in [5.41, 5.74) is 0.457. The molecule has 1 aliphatic heterocycles. The van der Waals surface area contributed by atoms with E-state index in [4.69, 9.17) is 4.74 Å². The topological polar surface area (TPSA) is 83.9 Å². The average molecular weight is 416 g/mol. The van der Waals surface area contributed by atoms with Crippen molar-refractivity contribution in [1.82, 2.24) is 14.4 Å². The number of nitrogens with zero attached hydrogens (tertiary/aromatic N) is 3. The summed E-state index contributed by atoms with van der Waals surface area (Å²) in [6, 6.07) is 7.38. The molecule has 1 aliphatic rings. The number of rotatable bonds is 6. The Balaban J connectivity index is 1.76. The molecule has 0 unspecified atom stereocenters. The van der Waals surface area contributed by atoms with Gasteiger partial charge in [-0.25, -0.2) is 4.39 Å². The molecule has 1 fully saturated rings. The van der Waals surface area contributed by atoms with E-state index in [9.17, 15) is 18.8 Å². The number of anilines is 1. The van der Waals surface area contributed by atoms with E-state index in [2.05, 4.69) is 10.2 Å². The van der Waals surface area contributed by atoms with E-state index >= 15 is 0 Å². The molecular weight excluding hydrogens is 391 g/mol. The number of ether oxygens (including phenoxy) is 1. The van der Waals surface area contributed by atoms with Gasteiger partial charge in [0, 0.05) is 51.4 Å². The minimum Gasteiger partial charge on any atom is -0.491 e. The fraction of sp³-hybridized carbons (Fsp3) is 0.381. The Bertz CT molecular complexity index is 983. The van der Waals surface area contributed by atoms with Gasteiger partial charge < -0.3 is 19.5 Å². The second-order valence-electron chi connectivity index (χ2n) is 7.14. The van der Waals surface area contributed by atoms with Crippen LogP contribution in [0.5, 0.6) is 5.75 Å². The van der Waals surface area contributed by atoms with E-state index < -0.39 is 11.7 Å². The molecule has 0 aliphatic carbocycles. The zero-order valence-corrected chi connectivity index (χ0v) is 17.1. The van der Waals surface area contributed by atoms with Crippen LogP contribution in [0.2, 0.25) is 0 Å². The van der Waals surface area contributed by atoms with Crippen molar-refractivity contribution < 1.29 is 18.7 Å². The van der Waals surface area contributed by atoms with Gasteiger partial charge in [-0.15, -0.1) is 0 Å². The molecule has 2 amide bonds. The van der Waals surface area contributed by atoms with Gasteiger partial charge in [0.2, 0.25) is 17.2 Å². The first-order valence-electron chi connectivity index (χ1n) is 9.67. The third-order valence-electron chi connectivity index (χ3n) is 5.07. The Labute approximate surface area is 173 Å². The van der Waals surface area contributed by atoms with E-state index in [1.807, 2.05) is 0 Å². The lowest BCUT2D eigenvalue weighted by atomic mass is 10.2. The molecule has 30 heavy (non-hydrogen) atoms. The van der Waals surface area contributed by atoms with Crippen LogP contribution in [0, 0.1) is 5.82 Å². The van der Waals surface area contributed by atoms with Crippen LogP contribution >= 0.6 is 0 Å². The average Bonchev–Trinajstić information content (AvgIpc) is 2.72. The Kier molecular flexibility index (Phi) is 6.83. The van der Waals surface area contributed by atoms with Crippen LogP contribution in [-0.4, -0.2) is 59.5 Å². The molecule has 9 heteroatoms. The smallest absolute Gasteiger partial charge is 0.244 e. The number of piperazine rings is 1. The monoisotopic (exact) mass is 416 g/mol. The molecule has 0 atom stereocenters. The highest BCUT2D eigenvalue weighted by Crippen LogP contribution is 2.14. The summed E-state index contributed by atoms with van der Waals surface area (Å²) in [5, 5.41) is 2.55. The second kappa shape index (κ2) is 9.53. The van der Waals surface area contributed by atoms with Crippen molar-refractivity contribution >= 4 is 17.5 Å². The summed E-state index contributed by atoms with van der Waals surface area (Å²) in [5.74, 6) is -0.778. The molecule has 0 bridgehead atoms. The Morgan fingerprint density at radius 2 is 1.87 bits per heavy atom. The second-order valence-corrected chi connectivity index (χ2v) is 7.14. The first kappa shape index (κ1) is 21.5. The Morgan fingerprint density at radius 1 is 1.17 bits per heavy atom. The van der Waals surface area contributed by atoms with E-state index in [0.717, 1.165) is 0 Å². The lowest BCUT2D eigenvalue weighted by molar-refractivity contribution is -0.130. The van der Waals surface area contributed by atoms with Crippen LogP contribution in [0.25, 0.3) is 0 Å². The quantitative estimate of drug-likeness (QED) is 0.768. The number of carbonyl (C=O) groups is 2. The van der Waals surface area contributed by atoms with Crippen molar-refractivity contribution in [1.29, 1.82) is 0 Å². The summed E-state index contributed by atoms with van der Waals surface area (Å²) in [7, 11) is 1.39. The zero-order chi connectivity index (χ0) is 21.7. The number of hydrogen-bond acceptors (Lipinski definition) is 5. The van der Waals surface area contributed by atoms with Crippen molar-refractivity contribution in [3.63, 3.8) is 0 Å². The molecule has 2 aromatic rings. The maximum absolute atomic E-state index is 13.8. The molecule has 1 N–H and O–H groups in total. The van der Waals surface area contributed by atoms with Gasteiger partial charge in [0.1, 0.15) is 12.4 Å². The van der Waals surface area contributed by atoms with Gasteiger partial charge >= 0.3 is 0 Å². The molecule has 0 saturated carbocycles. The highest BCUT2D eigenvalue weighted by Gasteiger charge is 2.20. The number of amides is 2. The fourth-order valence-corrected chi connectivity index (χ4v) is 3.39. The number of pyridine rings is 1. The maximum atomic E-state index is 13.8. The largest absolute Gasteiger partial charge is 0.491 e. The van der Waals surface area contributed by atoms with Gasteiger partial charge in [-0.05, 0) is 12.1 Å². The highest BCUT2D eigenvalue weighted by molar-refractivity contribution is 5.90. The van der Waals surface area contributed by atoms with Gasteiger partial charge in [0.25, 0.3) is 0 Å². The maximum Gasteiger partial charge on any atom is 0.244 e. The third-order valence-corrected chi connectivity index (χ3v) is 5.07. The van der Waals surface area contributed by atoms with E-state index in [1.54, 1.807) is 28.5 Å². The number of halogens is 1. The van der Waals surface area contributed by atoms with E-state index in [0.29, 0.717) is 38.4 Å². The number of hydrogen-bond donors (Lipinski definition) is 1. The SMILES string of the molecule is COc1cn(CC(=O)Nc2ccccc2F)c(CN2CCN(C(C)=O)CC2)cc1=O. The highest BCUT2D eigenvalue weighted by atomic mass is 19.1. The molecular formula is C21H25FN4O4. The lowest BCUT2D eigenvalue weighted by Gasteiger charge is -2.34. The molecule has 2 heterocycles. The van der Waals surface area contributed by atoms with Gasteiger partial charge in [-0.1, -0.05) is 12.1 Å². The van der Waals surface area contributed by atoms with Crippen LogP contribution in [0.3, 0.4) is 0 Å². The van der Waals surface area contributed by atoms with Crippen LogP contribution < -0.4 is 15.5 Å². The van der Waals surface area contributed by atoms with Gasteiger partial charge in [0.05, 0.1) is 19.0 Å². The molecule has 8 nitrogen and oxygen atoms in total. The Morgan fingerprint density at radius 3 is 2.50 bits per heavy atom. The lowest BCUT2D eigenvalue weighted by Crippen LogP contribution is -2.47. The molecule has 160 valence electrons. The van der Waals surface area contributed by atoms with Crippen LogP contribution in [0.15, 0.2) is 41.3 Å². The van der Waals surface area contributed by atoms with E-state index in [-0.39, 0.29) is 29.3 Å². The number of carbonyl (C=O) groups excluding carboxylic acids is 2. The molecule has 1 aromatic carbocycles. The number of methoxy groups -OCH3 is 1. The number of para-hydroxylation sites is 1. The fourth-order valence-electron chi connectivity index (χ4n) is 3.39. The number of benzene rings is 1. The molecule has 0 radical (unpaired) electrons.